The van der Waals surface area contributed by atoms with Crippen LogP contribution in [0.5, 0.6) is 0 Å². The van der Waals surface area contributed by atoms with Crippen LogP contribution in [0.4, 0.5) is 5.69 Å². The molecule has 0 radical (unpaired) electrons. The second-order valence-electron chi connectivity index (χ2n) is 8.10. The van der Waals surface area contributed by atoms with E-state index < -0.39 is 6.04 Å². The van der Waals surface area contributed by atoms with Gasteiger partial charge in [0.05, 0.1) is 0 Å². The molecule has 1 aliphatic carbocycles. The first-order valence-corrected chi connectivity index (χ1v) is 11.3. The van der Waals surface area contributed by atoms with Gasteiger partial charge in [0.2, 0.25) is 0 Å². The maximum Gasteiger partial charge on any atom is 0.280 e. The Kier molecular flexibility index (Phi) is 6.18. The Morgan fingerprint density at radius 2 is 1.94 bits per heavy atom. The van der Waals surface area contributed by atoms with Crippen LogP contribution in [0, 0.1) is 20.8 Å². The predicted octanol–water partition coefficient (Wildman–Crippen LogP) is 4.50. The Balaban J connectivity index is 1.82. The molecule has 0 unspecified atom stereocenters. The Hall–Kier alpha value is -3.00. The van der Waals surface area contributed by atoms with E-state index in [9.17, 15) is 9.59 Å². The molecule has 2 aromatic heterocycles. The standard InChI is InChI=1S/C23H26N4O3S/c1-14-8-10-19(15(2)12-14)27(23(29)18-13-31-26-25-18)21(20-11-9-16(3)30-20)22(28)24-17-6-4-5-7-17/h8-13,17,21H,4-7H2,1-3H3,(H,24,28)/t21-/m0/s1. The van der Waals surface area contributed by atoms with E-state index >= 15 is 0 Å². The van der Waals surface area contributed by atoms with Crippen LogP contribution in [0.2, 0.25) is 0 Å². The van der Waals surface area contributed by atoms with Crippen molar-refractivity contribution in [1.29, 1.82) is 0 Å². The number of benzene rings is 1. The lowest BCUT2D eigenvalue weighted by molar-refractivity contribution is -0.123. The molecule has 162 valence electrons. The third-order valence-electron chi connectivity index (χ3n) is 5.65. The summed E-state index contributed by atoms with van der Waals surface area (Å²) >= 11 is 1.10. The maximum atomic E-state index is 13.6. The summed E-state index contributed by atoms with van der Waals surface area (Å²) in [6.45, 7) is 5.75. The number of nitrogens with zero attached hydrogens (tertiary/aromatic N) is 3. The number of furan rings is 1. The molecule has 31 heavy (non-hydrogen) atoms. The van der Waals surface area contributed by atoms with Gasteiger partial charge < -0.3 is 9.73 Å². The minimum atomic E-state index is -0.954. The van der Waals surface area contributed by atoms with Gasteiger partial charge in [0.25, 0.3) is 11.8 Å². The van der Waals surface area contributed by atoms with Gasteiger partial charge in [-0.1, -0.05) is 35.0 Å². The zero-order valence-electron chi connectivity index (χ0n) is 17.9. The Morgan fingerprint density at radius 1 is 1.16 bits per heavy atom. The molecule has 7 nitrogen and oxygen atoms in total. The van der Waals surface area contributed by atoms with Crippen LogP contribution < -0.4 is 10.2 Å². The molecule has 3 aromatic rings. The van der Waals surface area contributed by atoms with Crippen molar-refractivity contribution in [3.05, 3.63) is 64.1 Å². The minimum absolute atomic E-state index is 0.114. The summed E-state index contributed by atoms with van der Waals surface area (Å²) < 4.78 is 9.72. The van der Waals surface area contributed by atoms with Gasteiger partial charge in [0.1, 0.15) is 11.5 Å². The van der Waals surface area contributed by atoms with E-state index in [1.54, 1.807) is 17.5 Å². The second-order valence-corrected chi connectivity index (χ2v) is 8.71. The van der Waals surface area contributed by atoms with Crippen molar-refractivity contribution < 1.29 is 14.0 Å². The van der Waals surface area contributed by atoms with Gasteiger partial charge in [-0.3, -0.25) is 14.5 Å². The minimum Gasteiger partial charge on any atom is -0.464 e. The number of carbonyl (C=O) groups is 2. The number of aromatic nitrogens is 2. The van der Waals surface area contributed by atoms with E-state index in [0.717, 1.165) is 48.3 Å². The fourth-order valence-corrected chi connectivity index (χ4v) is 4.58. The van der Waals surface area contributed by atoms with Gasteiger partial charge in [-0.25, -0.2) is 0 Å². The molecule has 0 aliphatic heterocycles. The lowest BCUT2D eigenvalue weighted by atomic mass is 10.0. The van der Waals surface area contributed by atoms with Gasteiger partial charge in [-0.15, -0.1) is 5.10 Å². The molecule has 1 atom stereocenters. The topological polar surface area (TPSA) is 88.3 Å². The van der Waals surface area contributed by atoms with Crippen LogP contribution in [0.15, 0.2) is 40.1 Å². The van der Waals surface area contributed by atoms with Gasteiger partial charge >= 0.3 is 0 Å². The van der Waals surface area contributed by atoms with Crippen molar-refractivity contribution in [2.75, 3.05) is 4.90 Å². The van der Waals surface area contributed by atoms with E-state index in [1.165, 1.54) is 4.90 Å². The van der Waals surface area contributed by atoms with Crippen LogP contribution in [-0.2, 0) is 4.79 Å². The van der Waals surface area contributed by atoms with Gasteiger partial charge in [0, 0.05) is 17.1 Å². The van der Waals surface area contributed by atoms with Crippen molar-refractivity contribution >= 4 is 29.0 Å². The first-order valence-electron chi connectivity index (χ1n) is 10.5. The number of hydrogen-bond acceptors (Lipinski definition) is 6. The zero-order valence-corrected chi connectivity index (χ0v) is 18.7. The maximum absolute atomic E-state index is 13.6. The molecule has 1 fully saturated rings. The molecule has 1 aromatic carbocycles. The molecule has 2 heterocycles. The summed E-state index contributed by atoms with van der Waals surface area (Å²) in [6.07, 6.45) is 4.09. The molecule has 1 saturated carbocycles. The van der Waals surface area contributed by atoms with E-state index in [2.05, 4.69) is 14.9 Å². The SMILES string of the molecule is Cc1ccc(N(C(=O)c2csnn2)[C@H](C(=O)NC2CCCC2)c2ccc(C)o2)c(C)c1. The monoisotopic (exact) mass is 438 g/mol. The highest BCUT2D eigenvalue weighted by Gasteiger charge is 2.38. The lowest BCUT2D eigenvalue weighted by Gasteiger charge is -2.31. The van der Waals surface area contributed by atoms with Crippen molar-refractivity contribution in [3.8, 4) is 0 Å². The van der Waals surface area contributed by atoms with Crippen molar-refractivity contribution in [2.24, 2.45) is 0 Å². The number of rotatable bonds is 6. The van der Waals surface area contributed by atoms with E-state index in [-0.39, 0.29) is 23.6 Å². The fraction of sp³-hybridized carbons (Fsp3) is 0.391. The predicted molar refractivity (Wildman–Crippen MR) is 119 cm³/mol. The zero-order chi connectivity index (χ0) is 22.0. The Morgan fingerprint density at radius 3 is 2.55 bits per heavy atom. The molecule has 0 saturated heterocycles. The number of hydrogen-bond donors (Lipinski definition) is 1. The van der Waals surface area contributed by atoms with E-state index in [1.807, 2.05) is 39.0 Å². The van der Waals surface area contributed by atoms with Crippen LogP contribution in [0.1, 0.15) is 64.9 Å². The number of aryl methyl sites for hydroxylation is 3. The number of amides is 2. The summed E-state index contributed by atoms with van der Waals surface area (Å²) in [5.41, 5.74) is 2.81. The lowest BCUT2D eigenvalue weighted by Crippen LogP contribution is -2.46. The highest BCUT2D eigenvalue weighted by molar-refractivity contribution is 7.03. The van der Waals surface area contributed by atoms with Crippen LogP contribution in [-0.4, -0.2) is 27.4 Å². The molecular weight excluding hydrogens is 412 g/mol. The van der Waals surface area contributed by atoms with Crippen LogP contribution >= 0.6 is 11.5 Å². The summed E-state index contributed by atoms with van der Waals surface area (Å²) in [6, 6.07) is 8.52. The number of anilines is 1. The largest absolute Gasteiger partial charge is 0.464 e. The highest BCUT2D eigenvalue weighted by Crippen LogP contribution is 2.33. The molecule has 0 bridgehead atoms. The van der Waals surface area contributed by atoms with Crippen LogP contribution in [0.3, 0.4) is 0 Å². The molecular formula is C23H26N4O3S. The normalized spacial score (nSPS) is 15.1. The Bertz CT molecular complexity index is 1070. The van der Waals surface area contributed by atoms with Gasteiger partial charge in [0.15, 0.2) is 11.7 Å². The fourth-order valence-electron chi connectivity index (χ4n) is 4.15. The summed E-state index contributed by atoms with van der Waals surface area (Å²) in [4.78, 5) is 28.7. The first-order chi connectivity index (χ1) is 14.9. The van der Waals surface area contributed by atoms with E-state index in [0.29, 0.717) is 17.2 Å². The summed E-state index contributed by atoms with van der Waals surface area (Å²) in [5, 5.41) is 8.71. The highest BCUT2D eigenvalue weighted by atomic mass is 32.1. The average molecular weight is 439 g/mol. The molecule has 1 aliphatic rings. The Labute approximate surface area is 185 Å². The third kappa shape index (κ3) is 4.54. The van der Waals surface area contributed by atoms with Gasteiger partial charge in [-0.2, -0.15) is 0 Å². The molecule has 0 spiro atoms. The van der Waals surface area contributed by atoms with Crippen LogP contribution in [0.25, 0.3) is 0 Å². The average Bonchev–Trinajstić information content (AvgIpc) is 3.49. The number of nitrogens with one attached hydrogen (secondary N) is 1. The molecule has 2 amide bonds. The third-order valence-corrected chi connectivity index (χ3v) is 6.15. The number of carbonyl (C=O) groups excluding carboxylic acids is 2. The molecule has 8 heteroatoms. The first kappa shape index (κ1) is 21.2. The quantitative estimate of drug-likeness (QED) is 0.612. The summed E-state index contributed by atoms with van der Waals surface area (Å²) in [5.74, 6) is 0.459. The van der Waals surface area contributed by atoms with E-state index in [4.69, 9.17) is 4.42 Å². The second kappa shape index (κ2) is 9.01. The van der Waals surface area contributed by atoms with Crippen molar-refractivity contribution in [3.63, 3.8) is 0 Å². The molecule has 4 rings (SSSR count). The van der Waals surface area contributed by atoms with Gasteiger partial charge in [-0.05, 0) is 68.9 Å². The molecule has 1 N–H and O–H groups in total. The van der Waals surface area contributed by atoms with Crippen molar-refractivity contribution in [2.45, 2.75) is 58.5 Å². The summed E-state index contributed by atoms with van der Waals surface area (Å²) in [7, 11) is 0. The van der Waals surface area contributed by atoms with Crippen molar-refractivity contribution in [1.82, 2.24) is 14.9 Å². The smallest absolute Gasteiger partial charge is 0.280 e.